The molecular formula is C12H18ClN5O2. The molecule has 110 valence electrons. The number of nitrogens with zero attached hydrogens (tertiary/aromatic N) is 5. The van der Waals surface area contributed by atoms with E-state index in [-0.39, 0.29) is 11.3 Å². The van der Waals surface area contributed by atoms with E-state index in [2.05, 4.69) is 31.7 Å². The summed E-state index contributed by atoms with van der Waals surface area (Å²) < 4.78 is 10.8. The summed E-state index contributed by atoms with van der Waals surface area (Å²) in [5.41, 5.74) is 0. The third-order valence-corrected chi connectivity index (χ3v) is 3.67. The SMILES string of the molecule is CC1COCCN1c1nc(Cl)nc(N2CCOCC2)n1. The third kappa shape index (κ3) is 2.94. The van der Waals surface area contributed by atoms with Gasteiger partial charge < -0.3 is 19.3 Å². The van der Waals surface area contributed by atoms with Crippen LogP contribution >= 0.6 is 11.6 Å². The van der Waals surface area contributed by atoms with E-state index in [9.17, 15) is 0 Å². The molecule has 2 aliphatic heterocycles. The van der Waals surface area contributed by atoms with Gasteiger partial charge in [-0.1, -0.05) is 0 Å². The second-order valence-electron chi connectivity index (χ2n) is 4.92. The summed E-state index contributed by atoms with van der Waals surface area (Å²) in [5.74, 6) is 1.25. The molecule has 0 aliphatic carbocycles. The van der Waals surface area contributed by atoms with Crippen molar-refractivity contribution in [3.63, 3.8) is 0 Å². The quantitative estimate of drug-likeness (QED) is 0.792. The Balaban J connectivity index is 1.85. The molecule has 3 rings (SSSR count). The molecule has 2 saturated heterocycles. The Morgan fingerprint density at radius 3 is 2.45 bits per heavy atom. The predicted molar refractivity (Wildman–Crippen MR) is 75.5 cm³/mol. The second kappa shape index (κ2) is 6.07. The van der Waals surface area contributed by atoms with Crippen LogP contribution in [0.1, 0.15) is 6.92 Å². The topological polar surface area (TPSA) is 63.6 Å². The second-order valence-corrected chi connectivity index (χ2v) is 5.26. The number of morpholine rings is 2. The Morgan fingerprint density at radius 1 is 1.00 bits per heavy atom. The highest BCUT2D eigenvalue weighted by Gasteiger charge is 2.24. The highest BCUT2D eigenvalue weighted by atomic mass is 35.5. The predicted octanol–water partition coefficient (Wildman–Crippen LogP) is 0.587. The van der Waals surface area contributed by atoms with Crippen LogP contribution in [0.3, 0.4) is 0 Å². The summed E-state index contributed by atoms with van der Waals surface area (Å²) in [4.78, 5) is 17.2. The van der Waals surface area contributed by atoms with Crippen molar-refractivity contribution in [1.29, 1.82) is 0 Å². The van der Waals surface area contributed by atoms with E-state index >= 15 is 0 Å². The van der Waals surface area contributed by atoms with Crippen LogP contribution in [0.15, 0.2) is 0 Å². The smallest absolute Gasteiger partial charge is 0.231 e. The monoisotopic (exact) mass is 299 g/mol. The lowest BCUT2D eigenvalue weighted by molar-refractivity contribution is 0.0980. The largest absolute Gasteiger partial charge is 0.378 e. The van der Waals surface area contributed by atoms with E-state index in [4.69, 9.17) is 21.1 Å². The number of rotatable bonds is 2. The number of hydrogen-bond acceptors (Lipinski definition) is 7. The van der Waals surface area contributed by atoms with Crippen LogP contribution in [0.5, 0.6) is 0 Å². The van der Waals surface area contributed by atoms with E-state index < -0.39 is 0 Å². The molecule has 0 radical (unpaired) electrons. The fourth-order valence-corrected chi connectivity index (χ4v) is 2.54. The van der Waals surface area contributed by atoms with E-state index in [1.807, 2.05) is 0 Å². The molecule has 0 aromatic carbocycles. The standard InChI is InChI=1S/C12H18ClN5O2/c1-9-8-20-7-4-18(9)12-15-10(13)14-11(16-12)17-2-5-19-6-3-17/h9H,2-8H2,1H3. The Hall–Kier alpha value is -1.18. The first kappa shape index (κ1) is 13.8. The van der Waals surface area contributed by atoms with Gasteiger partial charge >= 0.3 is 0 Å². The summed E-state index contributed by atoms with van der Waals surface area (Å²) in [7, 11) is 0. The molecular weight excluding hydrogens is 282 g/mol. The fraction of sp³-hybridized carbons (Fsp3) is 0.750. The van der Waals surface area contributed by atoms with Gasteiger partial charge in [0, 0.05) is 19.6 Å². The Labute approximate surface area is 122 Å². The first-order valence-corrected chi connectivity index (χ1v) is 7.20. The molecule has 20 heavy (non-hydrogen) atoms. The van der Waals surface area contributed by atoms with Crippen LogP contribution < -0.4 is 9.80 Å². The molecule has 0 bridgehead atoms. The number of ether oxygens (including phenoxy) is 2. The minimum absolute atomic E-state index is 0.232. The van der Waals surface area contributed by atoms with Crippen molar-refractivity contribution in [2.75, 3.05) is 55.9 Å². The molecule has 0 amide bonds. The molecule has 2 fully saturated rings. The minimum atomic E-state index is 0.232. The zero-order chi connectivity index (χ0) is 13.9. The molecule has 7 nitrogen and oxygen atoms in total. The Morgan fingerprint density at radius 2 is 1.70 bits per heavy atom. The van der Waals surface area contributed by atoms with E-state index in [0.29, 0.717) is 38.3 Å². The molecule has 3 heterocycles. The highest BCUT2D eigenvalue weighted by molar-refractivity contribution is 6.28. The molecule has 0 N–H and O–H groups in total. The van der Waals surface area contributed by atoms with Crippen molar-refractivity contribution in [3.8, 4) is 0 Å². The summed E-state index contributed by atoms with van der Waals surface area (Å²) in [6.07, 6.45) is 0. The third-order valence-electron chi connectivity index (χ3n) is 3.50. The van der Waals surface area contributed by atoms with Gasteiger partial charge in [-0.3, -0.25) is 0 Å². The summed E-state index contributed by atoms with van der Waals surface area (Å²) >= 11 is 6.06. The van der Waals surface area contributed by atoms with Crippen LogP contribution in [-0.2, 0) is 9.47 Å². The van der Waals surface area contributed by atoms with Crippen molar-refractivity contribution in [1.82, 2.24) is 15.0 Å². The summed E-state index contributed by atoms with van der Waals surface area (Å²) in [5, 5.41) is 0.232. The lowest BCUT2D eigenvalue weighted by Crippen LogP contribution is -2.45. The maximum Gasteiger partial charge on any atom is 0.231 e. The highest BCUT2D eigenvalue weighted by Crippen LogP contribution is 2.20. The van der Waals surface area contributed by atoms with Gasteiger partial charge in [0.25, 0.3) is 0 Å². The van der Waals surface area contributed by atoms with Crippen LogP contribution in [-0.4, -0.2) is 67.1 Å². The van der Waals surface area contributed by atoms with Crippen molar-refractivity contribution in [2.45, 2.75) is 13.0 Å². The van der Waals surface area contributed by atoms with E-state index in [1.165, 1.54) is 0 Å². The Bertz CT molecular complexity index is 469. The van der Waals surface area contributed by atoms with Gasteiger partial charge in [0.15, 0.2) is 0 Å². The number of aromatic nitrogens is 3. The zero-order valence-electron chi connectivity index (χ0n) is 11.5. The van der Waals surface area contributed by atoms with Gasteiger partial charge in [0.1, 0.15) is 0 Å². The van der Waals surface area contributed by atoms with Gasteiger partial charge in [-0.2, -0.15) is 15.0 Å². The average Bonchev–Trinajstić information content (AvgIpc) is 2.48. The molecule has 2 aliphatic rings. The number of hydrogen-bond donors (Lipinski definition) is 0. The zero-order valence-corrected chi connectivity index (χ0v) is 12.2. The first-order chi connectivity index (χ1) is 9.74. The van der Waals surface area contributed by atoms with Crippen LogP contribution in [0.4, 0.5) is 11.9 Å². The molecule has 8 heteroatoms. The van der Waals surface area contributed by atoms with E-state index in [1.54, 1.807) is 0 Å². The summed E-state index contributed by atoms with van der Waals surface area (Å²) in [6.45, 7) is 7.14. The normalized spacial score (nSPS) is 24.0. The van der Waals surface area contributed by atoms with Crippen molar-refractivity contribution in [2.24, 2.45) is 0 Å². The molecule has 1 unspecified atom stereocenters. The fourth-order valence-electron chi connectivity index (χ4n) is 2.39. The maximum absolute atomic E-state index is 6.06. The van der Waals surface area contributed by atoms with Crippen LogP contribution in [0.2, 0.25) is 5.28 Å². The maximum atomic E-state index is 6.06. The number of anilines is 2. The Kier molecular flexibility index (Phi) is 4.18. The van der Waals surface area contributed by atoms with Crippen molar-refractivity contribution >= 4 is 23.5 Å². The number of halogens is 1. The minimum Gasteiger partial charge on any atom is -0.378 e. The average molecular weight is 300 g/mol. The first-order valence-electron chi connectivity index (χ1n) is 6.83. The van der Waals surface area contributed by atoms with Gasteiger partial charge in [-0.15, -0.1) is 0 Å². The van der Waals surface area contributed by atoms with Crippen LogP contribution in [0, 0.1) is 0 Å². The molecule has 0 saturated carbocycles. The van der Waals surface area contributed by atoms with Gasteiger partial charge in [-0.25, -0.2) is 0 Å². The van der Waals surface area contributed by atoms with Gasteiger partial charge in [-0.05, 0) is 18.5 Å². The van der Waals surface area contributed by atoms with Crippen LogP contribution in [0.25, 0.3) is 0 Å². The molecule has 1 aromatic heterocycles. The molecule has 0 spiro atoms. The summed E-state index contributed by atoms with van der Waals surface area (Å²) in [6, 6.07) is 0.236. The lowest BCUT2D eigenvalue weighted by Gasteiger charge is -2.34. The van der Waals surface area contributed by atoms with Gasteiger partial charge in [0.2, 0.25) is 17.2 Å². The molecule has 1 atom stereocenters. The lowest BCUT2D eigenvalue weighted by atomic mass is 10.3. The van der Waals surface area contributed by atoms with Crippen molar-refractivity contribution in [3.05, 3.63) is 5.28 Å². The van der Waals surface area contributed by atoms with Crippen molar-refractivity contribution < 1.29 is 9.47 Å². The van der Waals surface area contributed by atoms with E-state index in [0.717, 1.165) is 19.6 Å². The molecule has 1 aromatic rings. The van der Waals surface area contributed by atoms with Gasteiger partial charge in [0.05, 0.1) is 32.5 Å².